The van der Waals surface area contributed by atoms with Crippen molar-refractivity contribution in [1.82, 2.24) is 9.78 Å². The molecule has 2 rings (SSSR count). The van der Waals surface area contributed by atoms with Crippen LogP contribution in [-0.4, -0.2) is 15.3 Å². The van der Waals surface area contributed by atoms with Crippen LogP contribution >= 0.6 is 0 Å². The minimum absolute atomic E-state index is 0.0446. The molecule has 3 unspecified atom stereocenters. The van der Waals surface area contributed by atoms with E-state index >= 15 is 0 Å². The SMILES string of the molecule is CCn1nc(C)cc1CC1(N)CC(C)CCC1C. The topological polar surface area (TPSA) is 43.8 Å². The summed E-state index contributed by atoms with van der Waals surface area (Å²) in [6.07, 6.45) is 4.69. The quantitative estimate of drug-likeness (QED) is 0.895. The summed E-state index contributed by atoms with van der Waals surface area (Å²) < 4.78 is 2.11. The highest BCUT2D eigenvalue weighted by atomic mass is 15.3. The normalized spacial score (nSPS) is 32.7. The average molecular weight is 249 g/mol. The highest BCUT2D eigenvalue weighted by molar-refractivity contribution is 5.14. The number of hydrogen-bond donors (Lipinski definition) is 1. The van der Waals surface area contributed by atoms with Gasteiger partial charge in [0.2, 0.25) is 0 Å². The molecule has 3 heteroatoms. The van der Waals surface area contributed by atoms with Gasteiger partial charge in [0.25, 0.3) is 0 Å². The molecule has 3 nitrogen and oxygen atoms in total. The third-order valence-corrected chi connectivity index (χ3v) is 4.60. The third kappa shape index (κ3) is 2.61. The van der Waals surface area contributed by atoms with Crippen LogP contribution in [0.15, 0.2) is 6.07 Å². The van der Waals surface area contributed by atoms with E-state index in [1.54, 1.807) is 0 Å². The maximum Gasteiger partial charge on any atom is 0.0596 e. The molecule has 1 aromatic rings. The molecule has 1 fully saturated rings. The molecule has 0 aliphatic heterocycles. The molecule has 1 heterocycles. The van der Waals surface area contributed by atoms with Crippen molar-refractivity contribution in [2.75, 3.05) is 0 Å². The fourth-order valence-electron chi connectivity index (χ4n) is 3.37. The molecule has 0 spiro atoms. The smallest absolute Gasteiger partial charge is 0.0596 e. The van der Waals surface area contributed by atoms with Crippen molar-refractivity contribution in [3.63, 3.8) is 0 Å². The van der Waals surface area contributed by atoms with Crippen LogP contribution in [0.1, 0.15) is 51.4 Å². The second-order valence-electron chi connectivity index (χ2n) is 6.29. The number of aryl methyl sites for hydroxylation is 2. The molecule has 0 amide bonds. The molecule has 2 N–H and O–H groups in total. The van der Waals surface area contributed by atoms with Gasteiger partial charge in [0.1, 0.15) is 0 Å². The predicted octanol–water partition coefficient (Wildman–Crippen LogP) is 2.91. The van der Waals surface area contributed by atoms with Crippen molar-refractivity contribution in [3.05, 3.63) is 17.5 Å². The van der Waals surface area contributed by atoms with Gasteiger partial charge in [-0.25, -0.2) is 0 Å². The van der Waals surface area contributed by atoms with Gasteiger partial charge in [-0.1, -0.05) is 20.3 Å². The first-order valence-corrected chi connectivity index (χ1v) is 7.27. The van der Waals surface area contributed by atoms with Crippen molar-refractivity contribution in [1.29, 1.82) is 0 Å². The zero-order valence-corrected chi connectivity index (χ0v) is 12.2. The molecule has 0 aromatic carbocycles. The maximum absolute atomic E-state index is 6.72. The van der Waals surface area contributed by atoms with E-state index in [9.17, 15) is 0 Å². The number of nitrogens with two attached hydrogens (primary N) is 1. The third-order valence-electron chi connectivity index (χ3n) is 4.60. The molecule has 1 aromatic heterocycles. The number of nitrogens with zero attached hydrogens (tertiary/aromatic N) is 2. The second kappa shape index (κ2) is 5.04. The van der Waals surface area contributed by atoms with Crippen LogP contribution in [0, 0.1) is 18.8 Å². The molecule has 1 aliphatic carbocycles. The fraction of sp³-hybridized carbons (Fsp3) is 0.800. The summed E-state index contributed by atoms with van der Waals surface area (Å²) >= 11 is 0. The van der Waals surface area contributed by atoms with Gasteiger partial charge in [0.15, 0.2) is 0 Å². The Morgan fingerprint density at radius 1 is 1.44 bits per heavy atom. The molecule has 102 valence electrons. The lowest BCUT2D eigenvalue weighted by Crippen LogP contribution is -2.52. The van der Waals surface area contributed by atoms with E-state index in [1.807, 2.05) is 0 Å². The van der Waals surface area contributed by atoms with Crippen LogP contribution in [0.4, 0.5) is 0 Å². The van der Waals surface area contributed by atoms with Gasteiger partial charge in [0.05, 0.1) is 5.69 Å². The van der Waals surface area contributed by atoms with Gasteiger partial charge in [-0.2, -0.15) is 5.10 Å². The summed E-state index contributed by atoms with van der Waals surface area (Å²) in [5, 5.41) is 4.53. The van der Waals surface area contributed by atoms with E-state index in [4.69, 9.17) is 5.73 Å². The summed E-state index contributed by atoms with van der Waals surface area (Å²) in [6, 6.07) is 2.20. The molecule has 0 saturated heterocycles. The molecule has 1 aliphatic rings. The van der Waals surface area contributed by atoms with Crippen LogP contribution in [0.25, 0.3) is 0 Å². The van der Waals surface area contributed by atoms with Gasteiger partial charge in [0, 0.05) is 24.2 Å². The summed E-state index contributed by atoms with van der Waals surface area (Å²) in [6.45, 7) is 9.78. The van der Waals surface area contributed by atoms with Crippen LogP contribution in [-0.2, 0) is 13.0 Å². The lowest BCUT2D eigenvalue weighted by molar-refractivity contribution is 0.158. The minimum Gasteiger partial charge on any atom is -0.324 e. The van der Waals surface area contributed by atoms with Crippen LogP contribution in [0.2, 0.25) is 0 Å². The van der Waals surface area contributed by atoms with Crippen LogP contribution < -0.4 is 5.73 Å². The molecular formula is C15H27N3. The van der Waals surface area contributed by atoms with Gasteiger partial charge < -0.3 is 5.73 Å². The van der Waals surface area contributed by atoms with Gasteiger partial charge in [-0.3, -0.25) is 4.68 Å². The summed E-state index contributed by atoms with van der Waals surface area (Å²) in [5.74, 6) is 1.36. The Balaban J connectivity index is 2.20. The monoisotopic (exact) mass is 249 g/mol. The Hall–Kier alpha value is -0.830. The van der Waals surface area contributed by atoms with Gasteiger partial charge >= 0.3 is 0 Å². The zero-order chi connectivity index (χ0) is 13.3. The van der Waals surface area contributed by atoms with Gasteiger partial charge in [-0.05, 0) is 44.6 Å². The molecular weight excluding hydrogens is 222 g/mol. The summed E-state index contributed by atoms with van der Waals surface area (Å²) in [7, 11) is 0. The van der Waals surface area contributed by atoms with E-state index in [1.165, 1.54) is 18.5 Å². The predicted molar refractivity (Wildman–Crippen MR) is 75.4 cm³/mol. The van der Waals surface area contributed by atoms with Crippen molar-refractivity contribution in [3.8, 4) is 0 Å². The summed E-state index contributed by atoms with van der Waals surface area (Å²) in [4.78, 5) is 0. The lowest BCUT2D eigenvalue weighted by atomic mass is 9.68. The standard InChI is InChI=1S/C15H27N3/c1-5-18-14(8-13(4)17-18)10-15(16)9-11(2)6-7-12(15)3/h8,11-12H,5-7,9-10,16H2,1-4H3. The lowest BCUT2D eigenvalue weighted by Gasteiger charge is -2.42. The van der Waals surface area contributed by atoms with E-state index in [-0.39, 0.29) is 5.54 Å². The van der Waals surface area contributed by atoms with Crippen molar-refractivity contribution < 1.29 is 0 Å². The van der Waals surface area contributed by atoms with E-state index in [2.05, 4.69) is 43.5 Å². The molecule has 3 atom stereocenters. The number of rotatable bonds is 3. The van der Waals surface area contributed by atoms with Crippen LogP contribution in [0.5, 0.6) is 0 Å². The molecule has 1 saturated carbocycles. The highest BCUT2D eigenvalue weighted by Gasteiger charge is 2.37. The average Bonchev–Trinajstić information content (AvgIpc) is 2.64. The van der Waals surface area contributed by atoms with Crippen LogP contribution in [0.3, 0.4) is 0 Å². The Kier molecular flexibility index (Phi) is 3.81. The van der Waals surface area contributed by atoms with E-state index in [0.717, 1.165) is 31.0 Å². The maximum atomic E-state index is 6.72. The molecule has 0 bridgehead atoms. The minimum atomic E-state index is -0.0446. The Morgan fingerprint density at radius 2 is 2.17 bits per heavy atom. The number of hydrogen-bond acceptors (Lipinski definition) is 2. The molecule has 18 heavy (non-hydrogen) atoms. The van der Waals surface area contributed by atoms with Crippen molar-refractivity contribution >= 4 is 0 Å². The first-order chi connectivity index (χ1) is 8.44. The van der Waals surface area contributed by atoms with Crippen molar-refractivity contribution in [2.45, 2.75) is 65.5 Å². The fourth-order valence-corrected chi connectivity index (χ4v) is 3.37. The number of aromatic nitrogens is 2. The van der Waals surface area contributed by atoms with E-state index in [0.29, 0.717) is 5.92 Å². The summed E-state index contributed by atoms with van der Waals surface area (Å²) in [5.41, 5.74) is 9.08. The highest BCUT2D eigenvalue weighted by Crippen LogP contribution is 2.37. The van der Waals surface area contributed by atoms with Crippen molar-refractivity contribution in [2.24, 2.45) is 17.6 Å². The van der Waals surface area contributed by atoms with Gasteiger partial charge in [-0.15, -0.1) is 0 Å². The Bertz CT molecular complexity index is 410. The Morgan fingerprint density at radius 3 is 2.83 bits per heavy atom. The zero-order valence-electron chi connectivity index (χ0n) is 12.2. The Labute approximate surface area is 111 Å². The largest absolute Gasteiger partial charge is 0.324 e. The van der Waals surface area contributed by atoms with E-state index < -0.39 is 0 Å². The first kappa shape index (κ1) is 13.6. The molecule has 0 radical (unpaired) electrons. The second-order valence-corrected chi connectivity index (χ2v) is 6.29. The first-order valence-electron chi connectivity index (χ1n) is 7.27.